The van der Waals surface area contributed by atoms with Gasteiger partial charge in [-0.2, -0.15) is 0 Å². The maximum absolute atomic E-state index is 12.4. The third-order valence-corrected chi connectivity index (χ3v) is 4.38. The third kappa shape index (κ3) is 7.88. The van der Waals surface area contributed by atoms with Gasteiger partial charge in [0.25, 0.3) is 5.91 Å². The van der Waals surface area contributed by atoms with Crippen molar-refractivity contribution in [1.29, 1.82) is 0 Å². The number of para-hydroxylation sites is 1. The van der Waals surface area contributed by atoms with E-state index in [1.165, 1.54) is 12.8 Å². The summed E-state index contributed by atoms with van der Waals surface area (Å²) in [7, 11) is 0. The van der Waals surface area contributed by atoms with Crippen molar-refractivity contribution in [2.24, 2.45) is 0 Å². The highest BCUT2D eigenvalue weighted by Gasteiger charge is 2.09. The lowest BCUT2D eigenvalue weighted by Gasteiger charge is -2.11. The number of hydrogen-bond acceptors (Lipinski definition) is 3. The van der Waals surface area contributed by atoms with Crippen molar-refractivity contribution in [2.45, 2.75) is 45.4 Å². The molecule has 0 bridgehead atoms. The van der Waals surface area contributed by atoms with E-state index in [0.29, 0.717) is 17.7 Å². The van der Waals surface area contributed by atoms with E-state index in [1.807, 2.05) is 30.3 Å². The average Bonchev–Trinajstić information content (AvgIpc) is 2.68. The molecule has 148 valence electrons. The van der Waals surface area contributed by atoms with E-state index in [9.17, 15) is 9.59 Å². The molecule has 0 aliphatic carbocycles. The molecule has 2 aromatic rings. The average molecular weight is 398 g/mol. The van der Waals surface area contributed by atoms with Crippen molar-refractivity contribution in [2.75, 3.05) is 10.6 Å². The predicted molar refractivity (Wildman–Crippen MR) is 119 cm³/mol. The maximum Gasteiger partial charge on any atom is 0.255 e. The number of thiocarbonyl (C=S) groups is 1. The van der Waals surface area contributed by atoms with Crippen LogP contribution in [0.4, 0.5) is 11.4 Å². The number of unbranched alkanes of at least 4 members (excludes halogenated alkanes) is 4. The number of anilines is 2. The zero-order chi connectivity index (χ0) is 20.2. The monoisotopic (exact) mass is 397 g/mol. The molecule has 0 aromatic heterocycles. The van der Waals surface area contributed by atoms with E-state index >= 15 is 0 Å². The Kier molecular flexibility index (Phi) is 9.15. The first-order chi connectivity index (χ1) is 13.6. The molecule has 0 unspecified atom stereocenters. The van der Waals surface area contributed by atoms with E-state index in [-0.39, 0.29) is 16.9 Å². The molecule has 0 aliphatic heterocycles. The molecular formula is C22H27N3O2S. The Morgan fingerprint density at radius 2 is 1.57 bits per heavy atom. The van der Waals surface area contributed by atoms with Gasteiger partial charge >= 0.3 is 0 Å². The quantitative estimate of drug-likeness (QED) is 0.406. The van der Waals surface area contributed by atoms with Gasteiger partial charge in [-0.15, -0.1) is 0 Å². The molecule has 0 radical (unpaired) electrons. The minimum absolute atomic E-state index is 0.0908. The number of rotatable bonds is 9. The summed E-state index contributed by atoms with van der Waals surface area (Å²) >= 11 is 5.20. The normalized spacial score (nSPS) is 10.2. The second-order valence-corrected chi connectivity index (χ2v) is 6.98. The van der Waals surface area contributed by atoms with Gasteiger partial charge in [0.15, 0.2) is 5.11 Å². The fourth-order valence-electron chi connectivity index (χ4n) is 2.70. The van der Waals surface area contributed by atoms with E-state index < -0.39 is 0 Å². The zero-order valence-corrected chi connectivity index (χ0v) is 17.0. The van der Waals surface area contributed by atoms with Gasteiger partial charge in [0, 0.05) is 23.4 Å². The van der Waals surface area contributed by atoms with E-state index in [0.717, 1.165) is 24.9 Å². The maximum atomic E-state index is 12.4. The summed E-state index contributed by atoms with van der Waals surface area (Å²) in [5.74, 6) is -0.302. The standard InChI is InChI=1S/C22H27N3O2S/c1-2-3-4-5-9-15-20(26)25-22(28)24-19-14-10-11-17(16-19)21(27)23-18-12-7-6-8-13-18/h6-8,10-14,16H,2-5,9,15H2,1H3,(H,23,27)(H2,24,25,26,28). The van der Waals surface area contributed by atoms with Gasteiger partial charge in [-0.1, -0.05) is 56.9 Å². The minimum Gasteiger partial charge on any atom is -0.332 e. The summed E-state index contributed by atoms with van der Waals surface area (Å²) in [6, 6.07) is 16.2. The predicted octanol–water partition coefficient (Wildman–Crippen LogP) is 5.11. The highest BCUT2D eigenvalue weighted by Crippen LogP contribution is 2.13. The van der Waals surface area contributed by atoms with Crippen LogP contribution in [0.3, 0.4) is 0 Å². The molecule has 3 N–H and O–H groups in total. The van der Waals surface area contributed by atoms with Gasteiger partial charge in [-0.25, -0.2) is 0 Å². The first-order valence-electron chi connectivity index (χ1n) is 9.66. The van der Waals surface area contributed by atoms with Crippen LogP contribution in [-0.2, 0) is 4.79 Å². The Balaban J connectivity index is 1.82. The molecule has 2 aromatic carbocycles. The van der Waals surface area contributed by atoms with Crippen molar-refractivity contribution in [3.8, 4) is 0 Å². The van der Waals surface area contributed by atoms with E-state index in [1.54, 1.807) is 24.3 Å². The van der Waals surface area contributed by atoms with Crippen LogP contribution in [0.1, 0.15) is 55.8 Å². The van der Waals surface area contributed by atoms with Crippen molar-refractivity contribution >= 4 is 40.5 Å². The summed E-state index contributed by atoms with van der Waals surface area (Å²) < 4.78 is 0. The van der Waals surface area contributed by atoms with Crippen molar-refractivity contribution in [3.05, 3.63) is 60.2 Å². The zero-order valence-electron chi connectivity index (χ0n) is 16.2. The first kappa shape index (κ1) is 21.6. The Bertz CT molecular complexity index is 793. The highest BCUT2D eigenvalue weighted by atomic mass is 32.1. The largest absolute Gasteiger partial charge is 0.332 e. The fraction of sp³-hybridized carbons (Fsp3) is 0.318. The summed E-state index contributed by atoms with van der Waals surface area (Å²) in [5, 5.41) is 8.73. The molecule has 0 aliphatic rings. The van der Waals surface area contributed by atoms with Crippen LogP contribution in [0.2, 0.25) is 0 Å². The Morgan fingerprint density at radius 3 is 2.32 bits per heavy atom. The SMILES string of the molecule is CCCCCCCC(=O)NC(=S)Nc1cccc(C(=O)Nc2ccccc2)c1. The van der Waals surface area contributed by atoms with Crippen LogP contribution in [-0.4, -0.2) is 16.9 Å². The van der Waals surface area contributed by atoms with Gasteiger partial charge in [-0.05, 0) is 49.0 Å². The van der Waals surface area contributed by atoms with Crippen molar-refractivity contribution in [3.63, 3.8) is 0 Å². The highest BCUT2D eigenvalue weighted by molar-refractivity contribution is 7.80. The molecule has 0 fully saturated rings. The Labute approximate surface area is 171 Å². The van der Waals surface area contributed by atoms with Gasteiger partial charge in [-0.3, -0.25) is 9.59 Å². The second kappa shape index (κ2) is 11.9. The van der Waals surface area contributed by atoms with E-state index in [4.69, 9.17) is 12.2 Å². The molecule has 0 atom stereocenters. The fourth-order valence-corrected chi connectivity index (χ4v) is 2.94. The van der Waals surface area contributed by atoms with Gasteiger partial charge in [0.05, 0.1) is 0 Å². The Morgan fingerprint density at radius 1 is 0.857 bits per heavy atom. The molecule has 0 saturated carbocycles. The number of amides is 2. The van der Waals surface area contributed by atoms with Crippen LogP contribution in [0.25, 0.3) is 0 Å². The summed E-state index contributed by atoms with van der Waals surface area (Å²) in [6.45, 7) is 2.16. The van der Waals surface area contributed by atoms with Crippen LogP contribution in [0.5, 0.6) is 0 Å². The van der Waals surface area contributed by atoms with Gasteiger partial charge in [0.1, 0.15) is 0 Å². The van der Waals surface area contributed by atoms with E-state index in [2.05, 4.69) is 22.9 Å². The smallest absolute Gasteiger partial charge is 0.255 e. The van der Waals surface area contributed by atoms with Crippen molar-refractivity contribution < 1.29 is 9.59 Å². The number of hydrogen-bond donors (Lipinski definition) is 3. The first-order valence-corrected chi connectivity index (χ1v) is 10.1. The molecule has 28 heavy (non-hydrogen) atoms. The lowest BCUT2D eigenvalue weighted by atomic mass is 10.1. The second-order valence-electron chi connectivity index (χ2n) is 6.57. The number of carbonyl (C=O) groups is 2. The van der Waals surface area contributed by atoms with Crippen LogP contribution in [0.15, 0.2) is 54.6 Å². The van der Waals surface area contributed by atoms with Crippen LogP contribution in [0, 0.1) is 0 Å². The molecule has 6 heteroatoms. The molecule has 5 nitrogen and oxygen atoms in total. The summed E-state index contributed by atoms with van der Waals surface area (Å²) in [4.78, 5) is 24.3. The summed E-state index contributed by atoms with van der Waals surface area (Å²) in [5.41, 5.74) is 1.88. The number of carbonyl (C=O) groups excluding carboxylic acids is 2. The lowest BCUT2D eigenvalue weighted by Crippen LogP contribution is -2.34. The number of benzene rings is 2. The molecular weight excluding hydrogens is 370 g/mol. The van der Waals surface area contributed by atoms with Gasteiger partial charge in [0.2, 0.25) is 5.91 Å². The van der Waals surface area contributed by atoms with Crippen molar-refractivity contribution in [1.82, 2.24) is 5.32 Å². The van der Waals surface area contributed by atoms with Crippen LogP contribution < -0.4 is 16.0 Å². The molecule has 2 rings (SSSR count). The van der Waals surface area contributed by atoms with Gasteiger partial charge < -0.3 is 16.0 Å². The summed E-state index contributed by atoms with van der Waals surface area (Å²) in [6.07, 6.45) is 5.93. The topological polar surface area (TPSA) is 70.2 Å². The molecule has 0 heterocycles. The third-order valence-electron chi connectivity index (χ3n) is 4.17. The molecule has 2 amide bonds. The lowest BCUT2D eigenvalue weighted by molar-refractivity contribution is -0.119. The minimum atomic E-state index is -0.211. The Hall–Kier alpha value is -2.73. The van der Waals surface area contributed by atoms with Crippen LogP contribution >= 0.6 is 12.2 Å². The molecule has 0 spiro atoms. The molecule has 0 saturated heterocycles. The number of nitrogens with one attached hydrogen (secondary N) is 3.